The van der Waals surface area contributed by atoms with Crippen molar-refractivity contribution in [3.63, 3.8) is 0 Å². The van der Waals surface area contributed by atoms with Crippen LogP contribution in [0.15, 0.2) is 133 Å². The Kier molecular flexibility index (Phi) is 12.9. The van der Waals surface area contributed by atoms with Gasteiger partial charge >= 0.3 is 0 Å². The van der Waals surface area contributed by atoms with E-state index in [9.17, 15) is 4.39 Å². The molecule has 2 aliphatic rings. The fraction of sp³-hybridized carbons (Fsp3) is 0.225. The predicted octanol–water partition coefficient (Wildman–Crippen LogP) is 19.4. The van der Waals surface area contributed by atoms with E-state index in [0.717, 1.165) is 44.5 Å². The highest BCUT2D eigenvalue weighted by Crippen LogP contribution is 2.46. The van der Waals surface area contributed by atoms with E-state index in [1.807, 2.05) is 0 Å². The van der Waals surface area contributed by atoms with Crippen LogP contribution in [0.2, 0.25) is 0 Å². The Bertz CT molecular complexity index is 4460. The summed E-state index contributed by atoms with van der Waals surface area (Å²) in [5.41, 5.74) is 12.5. The first-order valence-electron chi connectivity index (χ1n) is 27.8. The molecule has 2 aliphatic heterocycles. The van der Waals surface area contributed by atoms with Crippen molar-refractivity contribution in [3.8, 4) is 78.4 Å². The Balaban J connectivity index is 1.21. The van der Waals surface area contributed by atoms with E-state index in [4.69, 9.17) is 24.9 Å². The number of fused-ring (bicyclic) bond motifs is 14. The zero-order chi connectivity index (χ0) is 58.8. The third-order valence-corrected chi connectivity index (χ3v) is 16.0. The van der Waals surface area contributed by atoms with Gasteiger partial charge in [-0.3, -0.25) is 0 Å². The van der Waals surface area contributed by atoms with Gasteiger partial charge in [0, 0.05) is 27.5 Å². The van der Waals surface area contributed by atoms with Crippen LogP contribution in [-0.4, -0.2) is 34.9 Å². The van der Waals surface area contributed by atoms with Crippen LogP contribution in [0.25, 0.3) is 124 Å². The van der Waals surface area contributed by atoms with Gasteiger partial charge in [0.25, 0.3) is 0 Å². The van der Waals surface area contributed by atoms with Crippen LogP contribution in [0.4, 0.5) is 22.0 Å². The molecule has 7 aromatic carbocycles. The van der Waals surface area contributed by atoms with E-state index in [0.29, 0.717) is 39.0 Å². The molecule has 2 N–H and O–H groups in total. The zero-order valence-electron chi connectivity index (χ0n) is 48.5. The maximum atomic E-state index is 16.2. The van der Waals surface area contributed by atoms with Crippen LogP contribution >= 0.6 is 0 Å². The van der Waals surface area contributed by atoms with Crippen LogP contribution in [0.3, 0.4) is 0 Å². The molecule has 0 aliphatic carbocycles. The molecule has 0 atom stereocenters. The topological polar surface area (TPSA) is 96.0 Å². The molecule has 0 saturated heterocycles. The molecular weight excluding hydrogens is 1050 g/mol. The Morgan fingerprint density at radius 1 is 0.325 bits per heavy atom. The molecule has 0 unspecified atom stereocenters. The molecule has 12 heteroatoms. The highest BCUT2D eigenvalue weighted by atomic mass is 19.2. The summed E-state index contributed by atoms with van der Waals surface area (Å²) in [5.74, 6) is -9.82. The van der Waals surface area contributed by atoms with Crippen molar-refractivity contribution in [1.82, 2.24) is 34.9 Å². The minimum absolute atomic E-state index is 0.0251. The summed E-state index contributed by atoms with van der Waals surface area (Å²) in [6.07, 6.45) is 2.96. The smallest absolute Gasteiger partial charge is 0.200 e. The largest absolute Gasteiger partial charge is 0.340 e. The lowest BCUT2D eigenvalue weighted by Gasteiger charge is -2.21. The fourth-order valence-electron chi connectivity index (χ4n) is 11.0. The predicted molar refractivity (Wildman–Crippen MR) is 327 cm³/mol. The van der Waals surface area contributed by atoms with E-state index in [1.54, 1.807) is 6.07 Å². The molecule has 416 valence electrons. The van der Waals surface area contributed by atoms with Gasteiger partial charge in [-0.2, -0.15) is 0 Å². The molecule has 0 fully saturated rings. The highest BCUT2D eigenvalue weighted by Gasteiger charge is 2.31. The van der Waals surface area contributed by atoms with Crippen LogP contribution < -0.4 is 0 Å². The van der Waals surface area contributed by atoms with Crippen LogP contribution in [0, 0.1) is 29.1 Å². The van der Waals surface area contributed by atoms with E-state index >= 15 is 17.6 Å². The monoisotopic (exact) mass is 1110 g/mol. The summed E-state index contributed by atoms with van der Waals surface area (Å²) >= 11 is 0. The molecule has 3 aromatic heterocycles. The third kappa shape index (κ3) is 9.91. The number of H-pyrrole nitrogens is 2. The van der Waals surface area contributed by atoms with Gasteiger partial charge < -0.3 is 9.97 Å². The summed E-state index contributed by atoms with van der Waals surface area (Å²) in [5, 5.41) is 1.37. The second-order valence-electron chi connectivity index (χ2n) is 25.9. The molecule has 7 nitrogen and oxygen atoms in total. The molecule has 12 rings (SSSR count). The van der Waals surface area contributed by atoms with Crippen LogP contribution in [0.5, 0.6) is 0 Å². The van der Waals surface area contributed by atoms with Crippen molar-refractivity contribution in [2.75, 3.05) is 0 Å². The molecular formula is C71H62F5N7. The average Bonchev–Trinajstić information content (AvgIpc) is 2.66. The van der Waals surface area contributed by atoms with Crippen LogP contribution in [-0.2, 0) is 21.7 Å². The summed E-state index contributed by atoms with van der Waals surface area (Å²) in [7, 11) is 0. The van der Waals surface area contributed by atoms with E-state index in [2.05, 4.69) is 214 Å². The van der Waals surface area contributed by atoms with E-state index in [1.165, 1.54) is 40.5 Å². The SMILES string of the molecule is CC(C)(C)c1ccc(-c2cc3c(cc2-c2ccc(C(C)(C)C)cc2)-c2nc-3nc3ccc([nH]3)c(-c3c(F)c(F)c(F)c(F)c3F)c3nc(nc4[nH]c(n2)c2cc(-c5ccc(C(C)(C)C)cc5)c(-c5ccc(C(C)(C)C)cc5)cc42)C=C3)cc1. The number of aromatic nitrogens is 7. The normalized spacial score (nSPS) is 12.8. The number of halogens is 5. The van der Waals surface area contributed by atoms with Gasteiger partial charge in [-0.25, -0.2) is 46.9 Å². The number of benzene rings is 7. The first-order chi connectivity index (χ1) is 39.2. The number of nitrogens with zero attached hydrogens (tertiary/aromatic N) is 5. The van der Waals surface area contributed by atoms with E-state index in [-0.39, 0.29) is 50.2 Å². The lowest BCUT2D eigenvalue weighted by molar-refractivity contribution is 0.381. The summed E-state index contributed by atoms with van der Waals surface area (Å²) in [6.45, 7) is 26.2. The molecule has 8 bridgehead atoms. The van der Waals surface area contributed by atoms with E-state index < -0.39 is 40.2 Å². The Morgan fingerprint density at radius 2 is 0.699 bits per heavy atom. The zero-order valence-corrected chi connectivity index (χ0v) is 48.5. The Labute approximate surface area is 479 Å². The van der Waals surface area contributed by atoms with Crippen molar-refractivity contribution in [2.24, 2.45) is 0 Å². The maximum absolute atomic E-state index is 16.2. The molecule has 10 aromatic rings. The van der Waals surface area contributed by atoms with Crippen molar-refractivity contribution >= 4 is 45.4 Å². The second-order valence-corrected chi connectivity index (χ2v) is 25.9. The van der Waals surface area contributed by atoms with Crippen molar-refractivity contribution in [1.29, 1.82) is 0 Å². The lowest BCUT2D eigenvalue weighted by Crippen LogP contribution is -2.10. The lowest BCUT2D eigenvalue weighted by atomic mass is 9.84. The summed E-state index contributed by atoms with van der Waals surface area (Å²) in [4.78, 5) is 32.2. The Morgan fingerprint density at radius 3 is 1.11 bits per heavy atom. The first kappa shape index (κ1) is 54.7. The summed E-state index contributed by atoms with van der Waals surface area (Å²) in [6, 6.07) is 45.8. The third-order valence-electron chi connectivity index (χ3n) is 16.0. The van der Waals surface area contributed by atoms with Gasteiger partial charge in [0.2, 0.25) is 5.82 Å². The van der Waals surface area contributed by atoms with Gasteiger partial charge in [-0.05, 0) is 137 Å². The van der Waals surface area contributed by atoms with Crippen molar-refractivity contribution < 1.29 is 22.0 Å². The maximum Gasteiger partial charge on any atom is 0.200 e. The number of rotatable bonds is 5. The quantitative estimate of drug-likeness (QED) is 0.102. The number of hydrogen-bond donors (Lipinski definition) is 2. The fourth-order valence-corrected chi connectivity index (χ4v) is 11.0. The van der Waals surface area contributed by atoms with Gasteiger partial charge in [-0.1, -0.05) is 180 Å². The van der Waals surface area contributed by atoms with Crippen molar-refractivity contribution in [2.45, 2.75) is 105 Å². The minimum Gasteiger partial charge on any atom is -0.340 e. The molecule has 83 heavy (non-hydrogen) atoms. The first-order valence-corrected chi connectivity index (χ1v) is 27.8. The van der Waals surface area contributed by atoms with Gasteiger partial charge in [-0.15, -0.1) is 0 Å². The Hall–Kier alpha value is -8.90. The molecule has 0 radical (unpaired) electrons. The summed E-state index contributed by atoms with van der Waals surface area (Å²) < 4.78 is 77.6. The van der Waals surface area contributed by atoms with Gasteiger partial charge in [0.05, 0.1) is 16.8 Å². The number of hydrogen-bond acceptors (Lipinski definition) is 5. The standard InChI is InChI=1S/C71H62F5N7/c1-68(2,3)41-21-13-37(14-22-41)45-33-49-51(35-47(45)39-17-25-43(26-18-39)70(7,8)9)66-81-64(49)79-55-31-29-53(77-55)57(58-59(72)61(74)63(76)62(75)60(58)73)54-30-32-56(78-54)80-65-50-34-46(38-15-23-42(24-16-38)69(4,5)6)48(36-52(50)67(82-65)83-66)40-19-27-44(28-20-40)71(10,11)12/h13-36H,1-12H3,(H2,77,78,79,80,81,82,83). The molecule has 0 amide bonds. The second kappa shape index (κ2) is 19.6. The average molecular weight is 1110 g/mol. The highest BCUT2D eigenvalue weighted by molar-refractivity contribution is 6.10. The van der Waals surface area contributed by atoms with Crippen molar-refractivity contribution in [3.05, 3.63) is 196 Å². The van der Waals surface area contributed by atoms with Crippen LogP contribution in [0.1, 0.15) is 117 Å². The van der Waals surface area contributed by atoms with Gasteiger partial charge in [0.15, 0.2) is 40.7 Å². The number of nitrogens with one attached hydrogen (secondary N) is 2. The minimum atomic E-state index is -2.28. The molecule has 0 saturated carbocycles. The van der Waals surface area contributed by atoms with Gasteiger partial charge in [0.1, 0.15) is 16.9 Å². The number of aromatic amines is 2. The molecule has 0 spiro atoms. The molecule has 5 heterocycles.